The molecule has 6 heteroatoms. The average Bonchev–Trinajstić information content (AvgIpc) is 2.98. The molecule has 0 fully saturated rings. The molecule has 21 heavy (non-hydrogen) atoms. The van der Waals surface area contributed by atoms with Crippen LogP contribution in [0.4, 0.5) is 5.82 Å². The number of rotatable bonds is 4. The third-order valence-electron chi connectivity index (χ3n) is 3.54. The number of tetrazole rings is 1. The van der Waals surface area contributed by atoms with Crippen molar-refractivity contribution >= 4 is 16.7 Å². The van der Waals surface area contributed by atoms with Gasteiger partial charge in [-0.15, -0.1) is 10.2 Å². The van der Waals surface area contributed by atoms with Crippen LogP contribution in [0.2, 0.25) is 0 Å². The highest BCUT2D eigenvalue weighted by molar-refractivity contribution is 5.81. The number of nitrogen functional groups attached to an aromatic ring is 1. The number of H-pyrrole nitrogens is 1. The number of hydrogen-bond donors (Lipinski definition) is 2. The number of fused-ring (bicyclic) bond motifs is 1. The summed E-state index contributed by atoms with van der Waals surface area (Å²) in [5.41, 5.74) is 8.03. The number of pyridine rings is 1. The molecule has 3 aromatic rings. The lowest BCUT2D eigenvalue weighted by Gasteiger charge is -2.18. The molecule has 3 N–H and O–H groups in total. The maximum absolute atomic E-state index is 6.17. The number of para-hydroxylation sites is 1. The van der Waals surface area contributed by atoms with Gasteiger partial charge in [0.2, 0.25) is 0 Å². The summed E-state index contributed by atoms with van der Waals surface area (Å²) in [4.78, 5) is 4.51. The molecule has 0 radical (unpaired) electrons. The molecule has 0 aliphatic rings. The summed E-state index contributed by atoms with van der Waals surface area (Å²) in [6.45, 7) is 4.33. The smallest absolute Gasteiger partial charge is 0.182 e. The second kappa shape index (κ2) is 5.47. The van der Waals surface area contributed by atoms with Crippen LogP contribution in [0.3, 0.4) is 0 Å². The average molecular weight is 282 g/mol. The van der Waals surface area contributed by atoms with E-state index in [9.17, 15) is 0 Å². The van der Waals surface area contributed by atoms with Crippen LogP contribution < -0.4 is 5.73 Å². The van der Waals surface area contributed by atoms with Crippen molar-refractivity contribution in [1.82, 2.24) is 25.6 Å². The summed E-state index contributed by atoms with van der Waals surface area (Å²) in [6, 6.07) is 10.0. The molecule has 2 aromatic heterocycles. The van der Waals surface area contributed by atoms with E-state index in [1.807, 2.05) is 24.3 Å². The standard InChI is InChI=1S/C15H18N6/c1-9(2)7-12(15-18-20-21-19-15)11-8-10-5-3-4-6-13(10)17-14(11)16/h3-6,8-9,12H,7H2,1-2H3,(H2,16,17)(H,18,19,20,21). The third kappa shape index (κ3) is 2.69. The number of nitrogens with two attached hydrogens (primary N) is 1. The van der Waals surface area contributed by atoms with Crippen molar-refractivity contribution in [3.05, 3.63) is 41.7 Å². The van der Waals surface area contributed by atoms with Crippen LogP contribution in [0.25, 0.3) is 10.9 Å². The molecule has 2 heterocycles. The number of hydrogen-bond acceptors (Lipinski definition) is 5. The van der Waals surface area contributed by atoms with E-state index in [1.165, 1.54) is 0 Å². The number of anilines is 1. The Balaban J connectivity index is 2.12. The number of benzene rings is 1. The van der Waals surface area contributed by atoms with Gasteiger partial charge in [0.15, 0.2) is 5.82 Å². The van der Waals surface area contributed by atoms with Crippen LogP contribution in [-0.2, 0) is 0 Å². The van der Waals surface area contributed by atoms with E-state index in [-0.39, 0.29) is 5.92 Å². The van der Waals surface area contributed by atoms with Gasteiger partial charge in [0.1, 0.15) is 5.82 Å². The summed E-state index contributed by atoms with van der Waals surface area (Å²) in [5.74, 6) is 1.68. The predicted molar refractivity (Wildman–Crippen MR) is 81.6 cm³/mol. The zero-order valence-electron chi connectivity index (χ0n) is 12.1. The predicted octanol–water partition coefficient (Wildman–Crippen LogP) is 2.51. The molecule has 0 aliphatic heterocycles. The first-order chi connectivity index (χ1) is 10.1. The van der Waals surface area contributed by atoms with Crippen LogP contribution in [0.5, 0.6) is 0 Å². The van der Waals surface area contributed by atoms with Gasteiger partial charge in [0, 0.05) is 10.9 Å². The number of nitrogens with one attached hydrogen (secondary N) is 1. The second-order valence-electron chi connectivity index (χ2n) is 5.61. The second-order valence-corrected chi connectivity index (χ2v) is 5.61. The summed E-state index contributed by atoms with van der Waals surface area (Å²) < 4.78 is 0. The van der Waals surface area contributed by atoms with Crippen molar-refractivity contribution in [3.8, 4) is 0 Å². The lowest BCUT2D eigenvalue weighted by atomic mass is 9.89. The monoisotopic (exact) mass is 282 g/mol. The first-order valence-electron chi connectivity index (χ1n) is 7.03. The molecule has 1 atom stereocenters. The minimum absolute atomic E-state index is 0.000793. The Kier molecular flexibility index (Phi) is 3.51. The van der Waals surface area contributed by atoms with Crippen LogP contribution in [0, 0.1) is 5.92 Å². The van der Waals surface area contributed by atoms with Crippen LogP contribution >= 0.6 is 0 Å². The van der Waals surface area contributed by atoms with Gasteiger partial charge >= 0.3 is 0 Å². The first-order valence-corrected chi connectivity index (χ1v) is 7.03. The van der Waals surface area contributed by atoms with Gasteiger partial charge in [-0.3, -0.25) is 0 Å². The van der Waals surface area contributed by atoms with Gasteiger partial charge < -0.3 is 5.73 Å². The molecule has 0 aliphatic carbocycles. The Bertz CT molecular complexity index is 735. The molecule has 0 spiro atoms. The van der Waals surface area contributed by atoms with Crippen LogP contribution in [0.1, 0.15) is 37.6 Å². The fourth-order valence-corrected chi connectivity index (χ4v) is 2.59. The van der Waals surface area contributed by atoms with Crippen LogP contribution in [0.15, 0.2) is 30.3 Å². The van der Waals surface area contributed by atoms with E-state index in [0.29, 0.717) is 17.6 Å². The van der Waals surface area contributed by atoms with E-state index in [4.69, 9.17) is 5.73 Å². The van der Waals surface area contributed by atoms with Gasteiger partial charge in [-0.2, -0.15) is 5.21 Å². The van der Waals surface area contributed by atoms with Gasteiger partial charge in [0.25, 0.3) is 0 Å². The Hall–Kier alpha value is -2.50. The summed E-state index contributed by atoms with van der Waals surface area (Å²) >= 11 is 0. The Labute approximate surface area is 122 Å². The topological polar surface area (TPSA) is 93.4 Å². The zero-order chi connectivity index (χ0) is 14.8. The molecule has 1 aromatic carbocycles. The summed E-state index contributed by atoms with van der Waals surface area (Å²) in [6.07, 6.45) is 0.893. The lowest BCUT2D eigenvalue weighted by molar-refractivity contribution is 0.527. The minimum Gasteiger partial charge on any atom is -0.383 e. The first kappa shape index (κ1) is 13.5. The highest BCUT2D eigenvalue weighted by Crippen LogP contribution is 2.33. The summed E-state index contributed by atoms with van der Waals surface area (Å²) in [7, 11) is 0. The van der Waals surface area contributed by atoms with Crippen molar-refractivity contribution in [2.24, 2.45) is 5.92 Å². The van der Waals surface area contributed by atoms with Crippen molar-refractivity contribution in [1.29, 1.82) is 0 Å². The Morgan fingerprint density at radius 3 is 2.76 bits per heavy atom. The minimum atomic E-state index is 0.000793. The quantitative estimate of drug-likeness (QED) is 0.767. The normalized spacial score (nSPS) is 12.9. The maximum atomic E-state index is 6.17. The fraction of sp³-hybridized carbons (Fsp3) is 0.333. The van der Waals surface area contributed by atoms with E-state index in [2.05, 4.69) is 45.5 Å². The highest BCUT2D eigenvalue weighted by Gasteiger charge is 2.23. The molecule has 0 saturated heterocycles. The van der Waals surface area contributed by atoms with E-state index < -0.39 is 0 Å². The van der Waals surface area contributed by atoms with Crippen molar-refractivity contribution in [2.45, 2.75) is 26.2 Å². The van der Waals surface area contributed by atoms with Gasteiger partial charge in [0.05, 0.1) is 11.4 Å². The molecule has 0 saturated carbocycles. The zero-order valence-corrected chi connectivity index (χ0v) is 12.1. The number of aromatic amines is 1. The molecular weight excluding hydrogens is 264 g/mol. The fourth-order valence-electron chi connectivity index (χ4n) is 2.59. The molecule has 1 unspecified atom stereocenters. The number of aromatic nitrogens is 5. The SMILES string of the molecule is CC(C)CC(c1nn[nH]n1)c1cc2ccccc2nc1N. The molecule has 6 nitrogen and oxygen atoms in total. The largest absolute Gasteiger partial charge is 0.383 e. The lowest BCUT2D eigenvalue weighted by Crippen LogP contribution is -2.11. The molecule has 0 bridgehead atoms. The maximum Gasteiger partial charge on any atom is 0.182 e. The molecule has 3 rings (SSSR count). The van der Waals surface area contributed by atoms with Gasteiger partial charge in [-0.05, 0) is 24.5 Å². The molecular formula is C15H18N6. The molecule has 108 valence electrons. The highest BCUT2D eigenvalue weighted by atomic mass is 15.5. The van der Waals surface area contributed by atoms with Crippen LogP contribution in [-0.4, -0.2) is 25.6 Å². The number of nitrogens with zero attached hydrogens (tertiary/aromatic N) is 4. The van der Waals surface area contributed by atoms with Crippen molar-refractivity contribution < 1.29 is 0 Å². The van der Waals surface area contributed by atoms with Gasteiger partial charge in [-0.25, -0.2) is 4.98 Å². The Morgan fingerprint density at radius 2 is 2.05 bits per heavy atom. The third-order valence-corrected chi connectivity index (χ3v) is 3.54. The van der Waals surface area contributed by atoms with E-state index >= 15 is 0 Å². The van der Waals surface area contributed by atoms with Gasteiger partial charge in [-0.1, -0.05) is 37.3 Å². The summed E-state index contributed by atoms with van der Waals surface area (Å²) in [5, 5.41) is 15.5. The van der Waals surface area contributed by atoms with Crippen molar-refractivity contribution in [3.63, 3.8) is 0 Å². The molecule has 0 amide bonds. The van der Waals surface area contributed by atoms with E-state index in [1.54, 1.807) is 0 Å². The Morgan fingerprint density at radius 1 is 1.24 bits per heavy atom. The van der Waals surface area contributed by atoms with Crippen molar-refractivity contribution in [2.75, 3.05) is 5.73 Å². The van der Waals surface area contributed by atoms with E-state index in [0.717, 1.165) is 22.9 Å².